The summed E-state index contributed by atoms with van der Waals surface area (Å²) >= 11 is 6.89. The van der Waals surface area contributed by atoms with Gasteiger partial charge in [-0.15, -0.1) is 0 Å². The summed E-state index contributed by atoms with van der Waals surface area (Å²) in [6.07, 6.45) is 5.87. The number of hydrogen-bond acceptors (Lipinski definition) is 5. The standard InChI is InChI=1S/C23H25ClFN5O/c1-30(2)22(31)17-16(27)6-5-14(20(17)25)15-11-28-21-18(19(15)24)23(12-29-21)8-7-13(10-23)4-3-9-26/h5-6,11,13H,3-4,7-8,10,12,27H2,1-2H3,(H,28,29). The molecule has 1 spiro atoms. The molecule has 1 aromatic heterocycles. The number of pyridine rings is 1. The summed E-state index contributed by atoms with van der Waals surface area (Å²) in [5, 5.41) is 12.7. The Morgan fingerprint density at radius 2 is 2.23 bits per heavy atom. The van der Waals surface area contributed by atoms with Crippen molar-refractivity contribution in [2.45, 2.75) is 37.5 Å². The summed E-state index contributed by atoms with van der Waals surface area (Å²) in [6, 6.07) is 5.31. The van der Waals surface area contributed by atoms with Crippen LogP contribution < -0.4 is 11.1 Å². The van der Waals surface area contributed by atoms with Gasteiger partial charge in [-0.05, 0) is 43.7 Å². The number of nitrogen functional groups attached to an aromatic ring is 1. The number of halogens is 2. The van der Waals surface area contributed by atoms with Crippen molar-refractivity contribution < 1.29 is 9.18 Å². The molecule has 3 N–H and O–H groups in total. The second-order valence-corrected chi connectivity index (χ2v) is 9.12. The van der Waals surface area contributed by atoms with Crippen LogP contribution in [0.25, 0.3) is 11.1 Å². The number of nitrogens with zero attached hydrogens (tertiary/aromatic N) is 3. The van der Waals surface area contributed by atoms with Gasteiger partial charge >= 0.3 is 0 Å². The van der Waals surface area contributed by atoms with E-state index < -0.39 is 11.7 Å². The fourth-order valence-electron chi connectivity index (χ4n) is 5.02. The topological polar surface area (TPSA) is 95.0 Å². The van der Waals surface area contributed by atoms with Crippen LogP contribution in [0.4, 0.5) is 15.9 Å². The van der Waals surface area contributed by atoms with Crippen LogP contribution in [0.15, 0.2) is 18.3 Å². The molecule has 31 heavy (non-hydrogen) atoms. The van der Waals surface area contributed by atoms with Crippen molar-refractivity contribution >= 4 is 29.0 Å². The van der Waals surface area contributed by atoms with Crippen molar-refractivity contribution in [1.82, 2.24) is 9.88 Å². The number of aromatic nitrogens is 1. The van der Waals surface area contributed by atoms with E-state index in [0.717, 1.165) is 43.6 Å². The normalized spacial score (nSPS) is 21.6. The molecule has 1 amide bonds. The molecule has 0 radical (unpaired) electrons. The van der Waals surface area contributed by atoms with Gasteiger partial charge in [0.05, 0.1) is 16.7 Å². The van der Waals surface area contributed by atoms with Crippen molar-refractivity contribution in [2.24, 2.45) is 5.92 Å². The molecule has 162 valence electrons. The molecule has 2 atom stereocenters. The third kappa shape index (κ3) is 3.49. The number of amides is 1. The van der Waals surface area contributed by atoms with Gasteiger partial charge in [-0.25, -0.2) is 9.37 Å². The van der Waals surface area contributed by atoms with E-state index in [-0.39, 0.29) is 22.2 Å². The van der Waals surface area contributed by atoms with Crippen molar-refractivity contribution in [1.29, 1.82) is 5.26 Å². The third-order valence-corrected chi connectivity index (χ3v) is 6.99. The van der Waals surface area contributed by atoms with E-state index in [1.165, 1.54) is 11.0 Å². The molecule has 0 bridgehead atoms. The monoisotopic (exact) mass is 441 g/mol. The van der Waals surface area contributed by atoms with E-state index in [0.29, 0.717) is 22.9 Å². The number of rotatable bonds is 4. The molecule has 1 aliphatic heterocycles. The quantitative estimate of drug-likeness (QED) is 0.676. The van der Waals surface area contributed by atoms with E-state index >= 15 is 4.39 Å². The molecule has 2 aliphatic rings. The van der Waals surface area contributed by atoms with Crippen molar-refractivity contribution in [3.05, 3.63) is 40.3 Å². The maximum atomic E-state index is 15.5. The van der Waals surface area contributed by atoms with Crippen LogP contribution in [-0.4, -0.2) is 36.4 Å². The van der Waals surface area contributed by atoms with E-state index in [1.807, 2.05) is 0 Å². The maximum Gasteiger partial charge on any atom is 0.258 e. The zero-order valence-corrected chi connectivity index (χ0v) is 18.4. The van der Waals surface area contributed by atoms with Gasteiger partial charge in [-0.3, -0.25) is 4.79 Å². The zero-order valence-electron chi connectivity index (χ0n) is 17.6. The molecular weight excluding hydrogens is 417 g/mol. The largest absolute Gasteiger partial charge is 0.398 e. The van der Waals surface area contributed by atoms with Gasteiger partial charge in [0.15, 0.2) is 0 Å². The van der Waals surface area contributed by atoms with Gasteiger partial charge in [-0.1, -0.05) is 11.6 Å². The minimum absolute atomic E-state index is 0.0828. The maximum absolute atomic E-state index is 15.5. The van der Waals surface area contributed by atoms with E-state index in [2.05, 4.69) is 16.4 Å². The molecular formula is C23H25ClFN5O. The Hall–Kier alpha value is -2.85. The lowest BCUT2D eigenvalue weighted by Crippen LogP contribution is -2.25. The molecule has 0 saturated heterocycles. The first-order valence-electron chi connectivity index (χ1n) is 10.4. The Morgan fingerprint density at radius 1 is 1.45 bits per heavy atom. The smallest absolute Gasteiger partial charge is 0.258 e. The van der Waals surface area contributed by atoms with E-state index in [9.17, 15) is 4.79 Å². The lowest BCUT2D eigenvalue weighted by molar-refractivity contribution is 0.0824. The minimum atomic E-state index is -0.694. The number of nitrogens with one attached hydrogen (secondary N) is 1. The number of benzene rings is 1. The Balaban J connectivity index is 1.78. The first-order chi connectivity index (χ1) is 14.8. The van der Waals surface area contributed by atoms with Crippen LogP contribution in [0.2, 0.25) is 5.02 Å². The van der Waals surface area contributed by atoms with Crippen LogP contribution in [-0.2, 0) is 5.41 Å². The summed E-state index contributed by atoms with van der Waals surface area (Å²) in [6.45, 7) is 0.732. The highest BCUT2D eigenvalue weighted by atomic mass is 35.5. The summed E-state index contributed by atoms with van der Waals surface area (Å²) in [5.41, 5.74) is 7.25. The number of anilines is 2. The number of carbonyl (C=O) groups is 1. The predicted octanol–water partition coefficient (Wildman–Crippen LogP) is 4.59. The number of nitrogens with two attached hydrogens (primary N) is 1. The molecule has 8 heteroatoms. The molecule has 1 saturated carbocycles. The highest BCUT2D eigenvalue weighted by Crippen LogP contribution is 2.54. The fourth-order valence-corrected chi connectivity index (χ4v) is 5.46. The second kappa shape index (κ2) is 8.01. The van der Waals surface area contributed by atoms with E-state index in [1.54, 1.807) is 26.4 Å². The fraction of sp³-hybridized carbons (Fsp3) is 0.435. The summed E-state index contributed by atoms with van der Waals surface area (Å²) in [4.78, 5) is 18.3. The molecule has 1 fully saturated rings. The van der Waals surface area contributed by atoms with Crippen LogP contribution in [0.5, 0.6) is 0 Å². The van der Waals surface area contributed by atoms with E-state index in [4.69, 9.17) is 22.6 Å². The highest BCUT2D eigenvalue weighted by Gasteiger charge is 2.47. The Bertz CT molecular complexity index is 1100. The number of hydrogen-bond donors (Lipinski definition) is 2. The van der Waals surface area contributed by atoms with Gasteiger partial charge in [0.2, 0.25) is 0 Å². The van der Waals surface area contributed by atoms with Gasteiger partial charge in [0, 0.05) is 61.1 Å². The molecule has 2 heterocycles. The number of nitriles is 1. The van der Waals surface area contributed by atoms with Crippen LogP contribution in [0, 0.1) is 23.1 Å². The Morgan fingerprint density at radius 3 is 2.94 bits per heavy atom. The molecule has 1 aliphatic carbocycles. The lowest BCUT2D eigenvalue weighted by Gasteiger charge is -2.25. The third-order valence-electron chi connectivity index (χ3n) is 6.60. The molecule has 2 aromatic rings. The van der Waals surface area contributed by atoms with Crippen LogP contribution >= 0.6 is 11.6 Å². The number of fused-ring (bicyclic) bond motifs is 2. The van der Waals surface area contributed by atoms with Crippen molar-refractivity contribution in [2.75, 3.05) is 31.7 Å². The van der Waals surface area contributed by atoms with Crippen LogP contribution in [0.3, 0.4) is 0 Å². The number of carbonyl (C=O) groups excluding carboxylic acids is 1. The van der Waals surface area contributed by atoms with Gasteiger partial charge in [-0.2, -0.15) is 5.26 Å². The summed E-state index contributed by atoms with van der Waals surface area (Å²) < 4.78 is 15.5. The Kier molecular flexibility index (Phi) is 5.52. The predicted molar refractivity (Wildman–Crippen MR) is 119 cm³/mol. The Labute approximate surface area is 186 Å². The minimum Gasteiger partial charge on any atom is -0.398 e. The first-order valence-corrected chi connectivity index (χ1v) is 10.8. The molecule has 6 nitrogen and oxygen atoms in total. The SMILES string of the molecule is CN(C)C(=O)c1c(N)ccc(-c2cnc3c(c2Cl)C2(CCC(CCC#N)C2)CN3)c1F. The summed E-state index contributed by atoms with van der Waals surface area (Å²) in [5.74, 6) is -0.00291. The van der Waals surface area contributed by atoms with Crippen molar-refractivity contribution in [3.63, 3.8) is 0 Å². The van der Waals surface area contributed by atoms with Gasteiger partial charge in [0.25, 0.3) is 5.91 Å². The van der Waals surface area contributed by atoms with Crippen LogP contribution in [0.1, 0.15) is 48.0 Å². The summed E-state index contributed by atoms with van der Waals surface area (Å²) in [7, 11) is 3.10. The molecule has 2 unspecified atom stereocenters. The molecule has 4 rings (SSSR count). The second-order valence-electron chi connectivity index (χ2n) is 8.74. The first kappa shape index (κ1) is 21.4. The highest BCUT2D eigenvalue weighted by molar-refractivity contribution is 6.34. The van der Waals surface area contributed by atoms with Crippen molar-refractivity contribution in [3.8, 4) is 17.2 Å². The van der Waals surface area contributed by atoms with Gasteiger partial charge in [0.1, 0.15) is 11.6 Å². The average Bonchev–Trinajstić information content (AvgIpc) is 3.32. The lowest BCUT2D eigenvalue weighted by atomic mass is 9.79. The zero-order chi connectivity index (χ0) is 22.3. The molecule has 1 aromatic carbocycles. The average molecular weight is 442 g/mol. The van der Waals surface area contributed by atoms with Gasteiger partial charge < -0.3 is 16.0 Å².